The lowest BCUT2D eigenvalue weighted by Gasteiger charge is -2.16. The van der Waals surface area contributed by atoms with E-state index in [1.165, 1.54) is 11.4 Å². The van der Waals surface area contributed by atoms with Gasteiger partial charge < -0.3 is 20.1 Å². The van der Waals surface area contributed by atoms with Crippen LogP contribution in [0.4, 0.5) is 10.5 Å². The Hall–Kier alpha value is -1.84. The number of nitrogens with zero attached hydrogens (tertiary/aromatic N) is 1. The molecule has 2 N–H and O–H groups in total. The molecule has 0 aromatic heterocycles. The lowest BCUT2D eigenvalue weighted by Crippen LogP contribution is -2.37. The van der Waals surface area contributed by atoms with Crippen LogP contribution in [-0.4, -0.2) is 64.5 Å². The van der Waals surface area contributed by atoms with E-state index < -0.39 is 16.1 Å². The number of anilines is 1. The summed E-state index contributed by atoms with van der Waals surface area (Å²) in [6, 6.07) is 6.73. The zero-order valence-electron chi connectivity index (χ0n) is 14.5. The average molecular weight is 371 g/mol. The van der Waals surface area contributed by atoms with Crippen LogP contribution < -0.4 is 15.4 Å². The topological polar surface area (TPSA) is 97.0 Å². The van der Waals surface area contributed by atoms with Crippen molar-refractivity contribution in [1.29, 1.82) is 0 Å². The molecular formula is C16H25N3O5S. The third kappa shape index (κ3) is 6.52. The van der Waals surface area contributed by atoms with Gasteiger partial charge in [0.25, 0.3) is 0 Å². The molecule has 25 heavy (non-hydrogen) atoms. The minimum atomic E-state index is -3.25. The maximum Gasteiger partial charge on any atom is 0.319 e. The summed E-state index contributed by atoms with van der Waals surface area (Å²) in [4.78, 5) is 12.0. The Morgan fingerprint density at radius 1 is 1.40 bits per heavy atom. The van der Waals surface area contributed by atoms with Gasteiger partial charge in [0.2, 0.25) is 10.0 Å². The number of hydrogen-bond donors (Lipinski definition) is 2. The first kappa shape index (κ1) is 19.5. The number of hydrogen-bond acceptors (Lipinski definition) is 5. The number of carbonyl (C=O) groups is 1. The van der Waals surface area contributed by atoms with Crippen LogP contribution in [0.2, 0.25) is 0 Å². The largest absolute Gasteiger partial charge is 0.489 e. The number of sulfonamides is 1. The Bertz CT molecular complexity index is 674. The van der Waals surface area contributed by atoms with Gasteiger partial charge in [-0.15, -0.1) is 0 Å². The molecule has 0 aliphatic carbocycles. The Labute approximate surface area is 148 Å². The Morgan fingerprint density at radius 3 is 2.84 bits per heavy atom. The van der Waals surface area contributed by atoms with Crippen LogP contribution in [0.25, 0.3) is 0 Å². The fourth-order valence-corrected chi connectivity index (χ4v) is 2.74. The van der Waals surface area contributed by atoms with Crippen LogP contribution >= 0.6 is 0 Å². The van der Waals surface area contributed by atoms with Gasteiger partial charge in [0.1, 0.15) is 12.4 Å². The first-order valence-electron chi connectivity index (χ1n) is 8.16. The molecule has 2 amide bonds. The molecule has 2 rings (SSSR count). The van der Waals surface area contributed by atoms with Gasteiger partial charge in [-0.1, -0.05) is 12.1 Å². The van der Waals surface area contributed by atoms with E-state index in [1.54, 1.807) is 18.2 Å². The highest BCUT2D eigenvalue weighted by atomic mass is 32.2. The zero-order chi connectivity index (χ0) is 18.3. The van der Waals surface area contributed by atoms with Crippen molar-refractivity contribution in [3.8, 4) is 5.75 Å². The second-order valence-corrected chi connectivity index (χ2v) is 8.00. The molecule has 1 fully saturated rings. The smallest absolute Gasteiger partial charge is 0.319 e. The molecule has 1 aliphatic rings. The molecule has 140 valence electrons. The summed E-state index contributed by atoms with van der Waals surface area (Å²) in [6.07, 6.45) is 3.23. The molecule has 9 heteroatoms. The second kappa shape index (κ2) is 9.02. The predicted molar refractivity (Wildman–Crippen MR) is 95.4 cm³/mol. The predicted octanol–water partition coefficient (Wildman–Crippen LogP) is 1.26. The van der Waals surface area contributed by atoms with E-state index in [1.807, 2.05) is 6.07 Å². The number of amides is 2. The number of para-hydroxylation sites is 2. The monoisotopic (exact) mass is 371 g/mol. The lowest BCUT2D eigenvalue weighted by molar-refractivity contribution is 0.0682. The molecule has 1 aromatic rings. The summed E-state index contributed by atoms with van der Waals surface area (Å²) in [5, 5.41) is 5.34. The molecule has 0 radical (unpaired) electrons. The minimum Gasteiger partial charge on any atom is -0.489 e. The van der Waals surface area contributed by atoms with Crippen LogP contribution in [0.3, 0.4) is 0 Å². The van der Waals surface area contributed by atoms with Crippen molar-refractivity contribution in [2.45, 2.75) is 18.9 Å². The van der Waals surface area contributed by atoms with Gasteiger partial charge in [0.05, 0.1) is 18.0 Å². The molecule has 1 heterocycles. The van der Waals surface area contributed by atoms with E-state index in [-0.39, 0.29) is 19.2 Å². The number of ether oxygens (including phenoxy) is 2. The van der Waals surface area contributed by atoms with Crippen molar-refractivity contribution < 1.29 is 22.7 Å². The fourth-order valence-electron chi connectivity index (χ4n) is 2.31. The van der Waals surface area contributed by atoms with Crippen LogP contribution in [0.1, 0.15) is 12.8 Å². The van der Waals surface area contributed by atoms with Crippen molar-refractivity contribution in [3.63, 3.8) is 0 Å². The molecule has 1 aliphatic heterocycles. The third-order valence-corrected chi connectivity index (χ3v) is 5.18. The third-order valence-electron chi connectivity index (χ3n) is 3.86. The first-order valence-corrected chi connectivity index (χ1v) is 10.0. The van der Waals surface area contributed by atoms with Crippen molar-refractivity contribution >= 4 is 21.7 Å². The highest BCUT2D eigenvalue weighted by Crippen LogP contribution is 2.24. The maximum absolute atomic E-state index is 12.0. The molecule has 1 saturated heterocycles. The van der Waals surface area contributed by atoms with Gasteiger partial charge in [-0.3, -0.25) is 0 Å². The average Bonchev–Trinajstić information content (AvgIpc) is 3.06. The van der Waals surface area contributed by atoms with Crippen molar-refractivity contribution in [2.75, 3.05) is 44.9 Å². The standard InChI is InChI=1S/C16H25N3O5S/c1-19(25(2,21)22)10-9-17-16(20)18-14-7-3-4-8-15(14)24-12-13-6-5-11-23-13/h3-4,7-8,13H,5-6,9-12H2,1-2H3,(H2,17,18,20)/t13-/m0/s1. The van der Waals surface area contributed by atoms with Gasteiger partial charge in [0, 0.05) is 26.7 Å². The number of likely N-dealkylation sites (N-methyl/N-ethyl adjacent to an activating group) is 1. The zero-order valence-corrected chi connectivity index (χ0v) is 15.3. The van der Waals surface area contributed by atoms with E-state index >= 15 is 0 Å². The summed E-state index contributed by atoms with van der Waals surface area (Å²) >= 11 is 0. The van der Waals surface area contributed by atoms with Crippen molar-refractivity contribution in [3.05, 3.63) is 24.3 Å². The van der Waals surface area contributed by atoms with Crippen LogP contribution in [0, 0.1) is 0 Å². The molecule has 1 atom stereocenters. The van der Waals surface area contributed by atoms with Gasteiger partial charge in [-0.2, -0.15) is 0 Å². The van der Waals surface area contributed by atoms with E-state index in [2.05, 4.69) is 10.6 Å². The highest BCUT2D eigenvalue weighted by molar-refractivity contribution is 7.88. The van der Waals surface area contributed by atoms with Crippen molar-refractivity contribution in [1.82, 2.24) is 9.62 Å². The van der Waals surface area contributed by atoms with Crippen LogP contribution in [-0.2, 0) is 14.8 Å². The summed E-state index contributed by atoms with van der Waals surface area (Å²) in [5.41, 5.74) is 0.550. The SMILES string of the molecule is CN(CCNC(=O)Nc1ccccc1OC[C@@H]1CCCO1)S(C)(=O)=O. The molecule has 0 unspecified atom stereocenters. The summed E-state index contributed by atoms with van der Waals surface area (Å²) in [7, 11) is -1.79. The normalized spacial score (nSPS) is 17.5. The van der Waals surface area contributed by atoms with E-state index in [4.69, 9.17) is 9.47 Å². The lowest BCUT2D eigenvalue weighted by atomic mass is 10.2. The fraction of sp³-hybridized carbons (Fsp3) is 0.562. The minimum absolute atomic E-state index is 0.0911. The van der Waals surface area contributed by atoms with Crippen molar-refractivity contribution in [2.24, 2.45) is 0 Å². The number of rotatable bonds is 8. The van der Waals surface area contributed by atoms with Gasteiger partial charge in [0.15, 0.2) is 0 Å². The molecule has 1 aromatic carbocycles. The second-order valence-electron chi connectivity index (χ2n) is 5.91. The van der Waals surface area contributed by atoms with Crippen LogP contribution in [0.5, 0.6) is 5.75 Å². The number of carbonyl (C=O) groups excluding carboxylic acids is 1. The van der Waals surface area contributed by atoms with E-state index in [9.17, 15) is 13.2 Å². The number of benzene rings is 1. The van der Waals surface area contributed by atoms with E-state index in [0.29, 0.717) is 18.0 Å². The molecule has 8 nitrogen and oxygen atoms in total. The highest BCUT2D eigenvalue weighted by Gasteiger charge is 2.17. The number of nitrogens with one attached hydrogen (secondary N) is 2. The summed E-state index contributed by atoms with van der Waals surface area (Å²) < 4.78 is 35.0. The van der Waals surface area contributed by atoms with Crippen LogP contribution in [0.15, 0.2) is 24.3 Å². The van der Waals surface area contributed by atoms with E-state index in [0.717, 1.165) is 25.7 Å². The summed E-state index contributed by atoms with van der Waals surface area (Å²) in [5.74, 6) is 0.571. The summed E-state index contributed by atoms with van der Waals surface area (Å²) in [6.45, 7) is 1.61. The first-order chi connectivity index (χ1) is 11.9. The maximum atomic E-state index is 12.0. The Morgan fingerprint density at radius 2 is 2.16 bits per heavy atom. The van der Waals surface area contributed by atoms with Gasteiger partial charge >= 0.3 is 6.03 Å². The Kier molecular flexibility index (Phi) is 7.03. The molecule has 0 spiro atoms. The van der Waals surface area contributed by atoms with Gasteiger partial charge in [-0.05, 0) is 25.0 Å². The quantitative estimate of drug-likeness (QED) is 0.717. The van der Waals surface area contributed by atoms with Gasteiger partial charge in [-0.25, -0.2) is 17.5 Å². The molecule has 0 saturated carbocycles. The number of urea groups is 1. The molecular weight excluding hydrogens is 346 g/mol. The Balaban J connectivity index is 1.81. The molecule has 0 bridgehead atoms.